The van der Waals surface area contributed by atoms with Crippen LogP contribution in [0.1, 0.15) is 12.8 Å². The van der Waals surface area contributed by atoms with Gasteiger partial charge in [-0.15, -0.1) is 0 Å². The molecule has 0 fully saturated rings. The maximum atomic E-state index is 8.42. The molecule has 0 rings (SSSR count). The lowest BCUT2D eigenvalue weighted by Crippen LogP contribution is -2.19. The minimum Gasteiger partial charge on any atom is -0.395 e. The number of nitrogens with one attached hydrogen (secondary N) is 1. The minimum atomic E-state index is 0.1000. The van der Waals surface area contributed by atoms with Crippen molar-refractivity contribution in [2.24, 2.45) is 0 Å². The summed E-state index contributed by atoms with van der Waals surface area (Å²) in [4.78, 5) is 0. The summed E-state index contributed by atoms with van der Waals surface area (Å²) in [6, 6.07) is 0. The highest BCUT2D eigenvalue weighted by Gasteiger charge is 1.88. The van der Waals surface area contributed by atoms with Crippen molar-refractivity contribution in [1.82, 2.24) is 5.32 Å². The predicted octanol–water partition coefficient (Wildman–Crippen LogP) is -0.643. The second-order valence-corrected chi connectivity index (χ2v) is 2.52. The highest BCUT2D eigenvalue weighted by Crippen LogP contribution is 1.87. The Hall–Kier alpha value is -0.160. The number of aliphatic hydroxyl groups is 2. The molecular weight excluding hydrogens is 158 g/mol. The van der Waals surface area contributed by atoms with Crippen LogP contribution in [-0.2, 0) is 4.74 Å². The summed E-state index contributed by atoms with van der Waals surface area (Å²) in [7, 11) is 0. The molecule has 0 unspecified atom stereocenters. The average molecular weight is 177 g/mol. The third-order valence-corrected chi connectivity index (χ3v) is 1.42. The monoisotopic (exact) mass is 177 g/mol. The van der Waals surface area contributed by atoms with Crippen LogP contribution in [0.25, 0.3) is 0 Å². The van der Waals surface area contributed by atoms with E-state index in [4.69, 9.17) is 14.9 Å². The first kappa shape index (κ1) is 11.8. The largest absolute Gasteiger partial charge is 0.395 e. The Bertz CT molecular complexity index is 70.7. The Kier molecular flexibility index (Phi) is 10.7. The fourth-order valence-corrected chi connectivity index (χ4v) is 0.825. The highest BCUT2D eigenvalue weighted by molar-refractivity contribution is 4.46. The summed E-state index contributed by atoms with van der Waals surface area (Å²) >= 11 is 0. The van der Waals surface area contributed by atoms with E-state index in [0.29, 0.717) is 19.8 Å². The molecule has 0 aliphatic heterocycles. The Labute approximate surface area is 73.5 Å². The molecule has 0 saturated heterocycles. The molecule has 0 aliphatic carbocycles. The Morgan fingerprint density at radius 2 is 1.75 bits per heavy atom. The normalized spacial score (nSPS) is 10.5. The molecule has 0 spiro atoms. The van der Waals surface area contributed by atoms with E-state index < -0.39 is 0 Å². The first-order chi connectivity index (χ1) is 5.91. The molecule has 0 amide bonds. The molecule has 0 atom stereocenters. The fraction of sp³-hybridized carbons (Fsp3) is 1.00. The predicted molar refractivity (Wildman–Crippen MR) is 47.1 cm³/mol. The molecule has 0 aromatic rings. The molecule has 0 aromatic carbocycles. The zero-order valence-corrected chi connectivity index (χ0v) is 7.46. The molecular formula is C8H19NO3. The Morgan fingerprint density at radius 1 is 0.917 bits per heavy atom. The van der Waals surface area contributed by atoms with Gasteiger partial charge in [0, 0.05) is 13.2 Å². The van der Waals surface area contributed by atoms with Gasteiger partial charge in [-0.2, -0.15) is 0 Å². The van der Waals surface area contributed by atoms with Crippen LogP contribution in [0.4, 0.5) is 0 Å². The van der Waals surface area contributed by atoms with Gasteiger partial charge in [0.2, 0.25) is 0 Å². The van der Waals surface area contributed by atoms with Crippen LogP contribution in [0.2, 0.25) is 0 Å². The molecule has 0 heterocycles. The van der Waals surface area contributed by atoms with Gasteiger partial charge in [0.15, 0.2) is 0 Å². The second kappa shape index (κ2) is 10.8. The number of ether oxygens (including phenoxy) is 1. The third-order valence-electron chi connectivity index (χ3n) is 1.42. The van der Waals surface area contributed by atoms with Gasteiger partial charge in [-0.25, -0.2) is 0 Å². The van der Waals surface area contributed by atoms with Crippen molar-refractivity contribution in [3.8, 4) is 0 Å². The van der Waals surface area contributed by atoms with Crippen LogP contribution < -0.4 is 5.32 Å². The van der Waals surface area contributed by atoms with Crippen LogP contribution in [-0.4, -0.2) is 49.7 Å². The van der Waals surface area contributed by atoms with Gasteiger partial charge >= 0.3 is 0 Å². The van der Waals surface area contributed by atoms with E-state index in [-0.39, 0.29) is 13.2 Å². The van der Waals surface area contributed by atoms with Crippen LogP contribution in [0.15, 0.2) is 0 Å². The van der Waals surface area contributed by atoms with Crippen molar-refractivity contribution in [1.29, 1.82) is 0 Å². The number of hydrogen-bond acceptors (Lipinski definition) is 4. The van der Waals surface area contributed by atoms with Crippen LogP contribution in [0, 0.1) is 0 Å². The number of unbranched alkanes of at least 4 members (excludes halogenated alkanes) is 1. The summed E-state index contributed by atoms with van der Waals surface area (Å²) in [5.41, 5.74) is 0. The number of hydrogen-bond donors (Lipinski definition) is 3. The summed E-state index contributed by atoms with van der Waals surface area (Å²) in [6.07, 6.45) is 2.05. The van der Waals surface area contributed by atoms with Crippen LogP contribution in [0.5, 0.6) is 0 Å². The lowest BCUT2D eigenvalue weighted by Gasteiger charge is -2.03. The minimum absolute atomic E-state index is 0.1000. The van der Waals surface area contributed by atoms with E-state index in [2.05, 4.69) is 5.32 Å². The maximum Gasteiger partial charge on any atom is 0.0697 e. The molecule has 0 aliphatic rings. The topological polar surface area (TPSA) is 61.7 Å². The van der Waals surface area contributed by atoms with Gasteiger partial charge in [0.1, 0.15) is 0 Å². The number of rotatable bonds is 9. The van der Waals surface area contributed by atoms with Gasteiger partial charge in [-0.3, -0.25) is 0 Å². The molecule has 0 saturated carbocycles. The highest BCUT2D eigenvalue weighted by atomic mass is 16.5. The van der Waals surface area contributed by atoms with E-state index in [0.717, 1.165) is 19.4 Å². The van der Waals surface area contributed by atoms with Crippen LogP contribution >= 0.6 is 0 Å². The molecule has 0 radical (unpaired) electrons. The van der Waals surface area contributed by atoms with Gasteiger partial charge in [-0.05, 0) is 19.4 Å². The van der Waals surface area contributed by atoms with Gasteiger partial charge in [0.25, 0.3) is 0 Å². The third kappa shape index (κ3) is 9.84. The summed E-state index contributed by atoms with van der Waals surface area (Å²) in [5.74, 6) is 0. The first-order valence-corrected chi connectivity index (χ1v) is 4.42. The van der Waals surface area contributed by atoms with Crippen molar-refractivity contribution in [2.45, 2.75) is 12.8 Å². The smallest absolute Gasteiger partial charge is 0.0697 e. The van der Waals surface area contributed by atoms with E-state index in [1.165, 1.54) is 0 Å². The van der Waals surface area contributed by atoms with Crippen LogP contribution in [0.3, 0.4) is 0 Å². The molecule has 4 nitrogen and oxygen atoms in total. The molecule has 0 bridgehead atoms. The van der Waals surface area contributed by atoms with Crippen molar-refractivity contribution in [3.63, 3.8) is 0 Å². The van der Waals surface area contributed by atoms with Crippen molar-refractivity contribution >= 4 is 0 Å². The lowest BCUT2D eigenvalue weighted by molar-refractivity contribution is 0.0898. The van der Waals surface area contributed by atoms with Crippen molar-refractivity contribution in [3.05, 3.63) is 0 Å². The Balaban J connectivity index is 2.73. The molecule has 3 N–H and O–H groups in total. The zero-order valence-electron chi connectivity index (χ0n) is 7.46. The summed E-state index contributed by atoms with van der Waals surface area (Å²) in [5, 5.41) is 19.9. The second-order valence-electron chi connectivity index (χ2n) is 2.52. The number of aliphatic hydroxyl groups excluding tert-OH is 2. The molecule has 0 aromatic heterocycles. The summed E-state index contributed by atoms with van der Waals surface area (Å²) < 4.78 is 5.06. The van der Waals surface area contributed by atoms with Crippen molar-refractivity contribution < 1.29 is 14.9 Å². The average Bonchev–Trinajstić information content (AvgIpc) is 2.10. The fourth-order valence-electron chi connectivity index (χ4n) is 0.825. The molecule has 74 valence electrons. The Morgan fingerprint density at radius 3 is 2.42 bits per heavy atom. The van der Waals surface area contributed by atoms with E-state index in [1.54, 1.807) is 0 Å². The van der Waals surface area contributed by atoms with Crippen molar-refractivity contribution in [2.75, 3.05) is 39.5 Å². The maximum absolute atomic E-state index is 8.42. The first-order valence-electron chi connectivity index (χ1n) is 4.42. The van der Waals surface area contributed by atoms with E-state index in [1.807, 2.05) is 0 Å². The van der Waals surface area contributed by atoms with E-state index in [9.17, 15) is 0 Å². The standard InChI is InChI=1S/C8H19NO3/c10-5-4-9-3-1-2-7-12-8-6-11/h9-11H,1-8H2. The molecule has 12 heavy (non-hydrogen) atoms. The van der Waals surface area contributed by atoms with Gasteiger partial charge < -0.3 is 20.3 Å². The van der Waals surface area contributed by atoms with Gasteiger partial charge in [0.05, 0.1) is 19.8 Å². The summed E-state index contributed by atoms with van der Waals surface area (Å²) in [6.45, 7) is 3.02. The SMILES string of the molecule is OCCNCCCCOCCO. The van der Waals surface area contributed by atoms with Gasteiger partial charge in [-0.1, -0.05) is 0 Å². The zero-order chi connectivity index (χ0) is 9.07. The molecule has 4 heteroatoms. The quantitative estimate of drug-likeness (QED) is 0.410. The lowest BCUT2D eigenvalue weighted by atomic mass is 10.3. The van der Waals surface area contributed by atoms with E-state index >= 15 is 0 Å².